The van der Waals surface area contributed by atoms with E-state index in [2.05, 4.69) is 20.9 Å². The van der Waals surface area contributed by atoms with Gasteiger partial charge in [-0.3, -0.25) is 4.79 Å². The lowest BCUT2D eigenvalue weighted by molar-refractivity contribution is 0.0991. The minimum Gasteiger partial charge on any atom is -0.384 e. The molecular formula is C13H10BrFN2O. The number of hydrogen-bond acceptors (Lipinski definition) is 3. The third-order valence-corrected chi connectivity index (χ3v) is 3.40. The molecule has 1 aromatic heterocycles. The van der Waals surface area contributed by atoms with Crippen molar-refractivity contribution in [3.63, 3.8) is 0 Å². The van der Waals surface area contributed by atoms with Crippen molar-refractivity contribution in [3.8, 4) is 0 Å². The Labute approximate surface area is 112 Å². The average molecular weight is 309 g/mol. The molecule has 0 saturated heterocycles. The first-order valence-corrected chi connectivity index (χ1v) is 6.15. The Morgan fingerprint density at radius 3 is 2.56 bits per heavy atom. The molecular weight excluding hydrogens is 299 g/mol. The van der Waals surface area contributed by atoms with Gasteiger partial charge in [0, 0.05) is 11.8 Å². The lowest BCUT2D eigenvalue weighted by Gasteiger charge is -2.09. The van der Waals surface area contributed by atoms with Crippen molar-refractivity contribution in [2.24, 2.45) is 0 Å². The maximum atomic E-state index is 12.8. The van der Waals surface area contributed by atoms with Crippen LogP contribution in [0, 0.1) is 5.82 Å². The van der Waals surface area contributed by atoms with E-state index >= 15 is 0 Å². The van der Waals surface area contributed by atoms with Crippen LogP contribution in [0.3, 0.4) is 0 Å². The monoisotopic (exact) mass is 308 g/mol. The first-order valence-electron chi connectivity index (χ1n) is 5.23. The van der Waals surface area contributed by atoms with E-state index in [1.807, 2.05) is 0 Å². The molecule has 1 heterocycles. The van der Waals surface area contributed by atoms with Gasteiger partial charge in [-0.15, -0.1) is 0 Å². The molecule has 0 radical (unpaired) electrons. The number of Topliss-reactive ketones (excluding diaryl/α,β-unsaturated/α-hetero) is 1. The van der Waals surface area contributed by atoms with Gasteiger partial charge in [-0.25, -0.2) is 9.37 Å². The molecule has 0 fully saturated rings. The van der Waals surface area contributed by atoms with Gasteiger partial charge in [0.15, 0.2) is 5.78 Å². The first-order chi connectivity index (χ1) is 8.58. The first kappa shape index (κ1) is 12.7. The fraction of sp³-hybridized carbons (Fsp3) is 0.0769. The van der Waals surface area contributed by atoms with Crippen LogP contribution < -0.4 is 5.73 Å². The molecule has 2 rings (SSSR count). The van der Waals surface area contributed by atoms with Crippen molar-refractivity contribution in [1.29, 1.82) is 0 Å². The third-order valence-electron chi connectivity index (χ3n) is 2.46. The highest BCUT2D eigenvalue weighted by atomic mass is 79.9. The number of nitrogens with two attached hydrogens (primary N) is 1. The molecule has 0 saturated carbocycles. The van der Waals surface area contributed by atoms with Crippen molar-refractivity contribution in [1.82, 2.24) is 4.98 Å². The van der Waals surface area contributed by atoms with E-state index in [9.17, 15) is 9.18 Å². The van der Waals surface area contributed by atoms with Gasteiger partial charge in [-0.2, -0.15) is 0 Å². The molecule has 2 aromatic rings. The van der Waals surface area contributed by atoms with E-state index in [0.717, 1.165) is 5.56 Å². The van der Waals surface area contributed by atoms with E-state index in [-0.39, 0.29) is 11.6 Å². The van der Waals surface area contributed by atoms with Crippen LogP contribution in [-0.2, 0) is 0 Å². The molecule has 2 N–H and O–H groups in total. The predicted molar refractivity (Wildman–Crippen MR) is 71.0 cm³/mol. The molecule has 5 heteroatoms. The summed E-state index contributed by atoms with van der Waals surface area (Å²) in [6.45, 7) is 0. The standard InChI is InChI=1S/C13H10BrFN2O/c14-12(9-5-6-17-11(16)7-9)13(18)8-1-3-10(15)4-2-8/h1-7,12H,(H2,16,17)/t12-/m0/s1. The van der Waals surface area contributed by atoms with Gasteiger partial charge < -0.3 is 5.73 Å². The molecule has 0 aliphatic carbocycles. The number of carbonyl (C=O) groups excluding carboxylic acids is 1. The van der Waals surface area contributed by atoms with Crippen molar-refractivity contribution >= 4 is 27.5 Å². The number of hydrogen-bond donors (Lipinski definition) is 1. The summed E-state index contributed by atoms with van der Waals surface area (Å²) >= 11 is 3.31. The number of anilines is 1. The predicted octanol–water partition coefficient (Wildman–Crippen LogP) is 3.12. The number of rotatable bonds is 3. The Morgan fingerprint density at radius 1 is 1.28 bits per heavy atom. The highest BCUT2D eigenvalue weighted by molar-refractivity contribution is 9.09. The summed E-state index contributed by atoms with van der Waals surface area (Å²) in [5.74, 6) is -0.171. The molecule has 0 aliphatic rings. The highest BCUT2D eigenvalue weighted by Gasteiger charge is 2.19. The van der Waals surface area contributed by atoms with E-state index in [1.165, 1.54) is 30.5 Å². The number of alkyl halides is 1. The topological polar surface area (TPSA) is 56.0 Å². The maximum Gasteiger partial charge on any atom is 0.180 e. The summed E-state index contributed by atoms with van der Waals surface area (Å²) in [6, 6.07) is 8.76. The molecule has 0 bridgehead atoms. The number of carbonyl (C=O) groups is 1. The molecule has 0 spiro atoms. The van der Waals surface area contributed by atoms with Crippen LogP contribution in [0.25, 0.3) is 0 Å². The van der Waals surface area contributed by atoms with Crippen molar-refractivity contribution in [3.05, 3.63) is 59.5 Å². The van der Waals surface area contributed by atoms with E-state index in [1.54, 1.807) is 12.1 Å². The minimum absolute atomic E-state index is 0.152. The second-order valence-corrected chi connectivity index (χ2v) is 4.66. The zero-order valence-electron chi connectivity index (χ0n) is 9.31. The Kier molecular flexibility index (Phi) is 3.72. The normalized spacial score (nSPS) is 12.1. The second-order valence-electron chi connectivity index (χ2n) is 3.75. The van der Waals surface area contributed by atoms with Gasteiger partial charge in [0.2, 0.25) is 0 Å². The minimum atomic E-state index is -0.520. The second kappa shape index (κ2) is 5.27. The molecule has 1 aromatic carbocycles. The van der Waals surface area contributed by atoms with Crippen LogP contribution in [0.5, 0.6) is 0 Å². The summed E-state index contributed by atoms with van der Waals surface area (Å²) in [4.78, 5) is 15.5. The molecule has 0 aliphatic heterocycles. The largest absolute Gasteiger partial charge is 0.384 e. The Balaban J connectivity index is 2.26. The fourth-order valence-electron chi connectivity index (χ4n) is 1.54. The van der Waals surface area contributed by atoms with Crippen LogP contribution in [0.2, 0.25) is 0 Å². The zero-order valence-corrected chi connectivity index (χ0v) is 10.9. The zero-order chi connectivity index (χ0) is 13.1. The molecule has 1 atom stereocenters. The SMILES string of the molecule is Nc1cc([C@H](Br)C(=O)c2ccc(F)cc2)ccn1. The van der Waals surface area contributed by atoms with Gasteiger partial charge in [0.05, 0.1) is 0 Å². The Bertz CT molecular complexity index is 571. The van der Waals surface area contributed by atoms with E-state index < -0.39 is 4.83 Å². The Hall–Kier alpha value is -1.75. The molecule has 18 heavy (non-hydrogen) atoms. The number of ketones is 1. The van der Waals surface area contributed by atoms with Gasteiger partial charge in [-0.05, 0) is 42.0 Å². The quantitative estimate of drug-likeness (QED) is 0.700. The van der Waals surface area contributed by atoms with Crippen molar-refractivity contribution in [2.75, 3.05) is 5.73 Å². The van der Waals surface area contributed by atoms with Crippen LogP contribution in [0.15, 0.2) is 42.6 Å². The number of nitrogen functional groups attached to an aromatic ring is 1. The van der Waals surface area contributed by atoms with E-state index in [4.69, 9.17) is 5.73 Å². The number of pyridine rings is 1. The summed E-state index contributed by atoms with van der Waals surface area (Å²) in [7, 11) is 0. The Morgan fingerprint density at radius 2 is 1.94 bits per heavy atom. The smallest absolute Gasteiger partial charge is 0.180 e. The average Bonchev–Trinajstić information content (AvgIpc) is 2.38. The lowest BCUT2D eigenvalue weighted by Crippen LogP contribution is -2.07. The lowest BCUT2D eigenvalue weighted by atomic mass is 10.0. The van der Waals surface area contributed by atoms with Crippen molar-refractivity contribution < 1.29 is 9.18 Å². The number of halogens is 2. The summed E-state index contributed by atoms with van der Waals surface area (Å²) < 4.78 is 12.8. The van der Waals surface area contributed by atoms with Gasteiger partial charge in [0.1, 0.15) is 16.5 Å². The summed E-state index contributed by atoms with van der Waals surface area (Å²) in [6.07, 6.45) is 1.54. The maximum absolute atomic E-state index is 12.8. The number of benzene rings is 1. The summed E-state index contributed by atoms with van der Waals surface area (Å²) in [5, 5.41) is 0. The molecule has 0 unspecified atom stereocenters. The van der Waals surface area contributed by atoms with Crippen LogP contribution in [-0.4, -0.2) is 10.8 Å². The molecule has 92 valence electrons. The van der Waals surface area contributed by atoms with Crippen LogP contribution in [0.1, 0.15) is 20.7 Å². The highest BCUT2D eigenvalue weighted by Crippen LogP contribution is 2.27. The summed E-state index contributed by atoms with van der Waals surface area (Å²) in [5.41, 5.74) is 6.72. The number of aromatic nitrogens is 1. The van der Waals surface area contributed by atoms with Gasteiger partial charge in [0.25, 0.3) is 0 Å². The van der Waals surface area contributed by atoms with Crippen molar-refractivity contribution in [2.45, 2.75) is 4.83 Å². The van der Waals surface area contributed by atoms with Gasteiger partial charge >= 0.3 is 0 Å². The van der Waals surface area contributed by atoms with Crippen LogP contribution >= 0.6 is 15.9 Å². The number of nitrogens with zero attached hydrogens (tertiary/aromatic N) is 1. The molecule has 0 amide bonds. The molecule has 3 nitrogen and oxygen atoms in total. The fourth-order valence-corrected chi connectivity index (χ4v) is 2.08. The van der Waals surface area contributed by atoms with Gasteiger partial charge in [-0.1, -0.05) is 15.9 Å². The van der Waals surface area contributed by atoms with Crippen LogP contribution in [0.4, 0.5) is 10.2 Å². The third kappa shape index (κ3) is 2.73. The van der Waals surface area contributed by atoms with E-state index in [0.29, 0.717) is 11.4 Å².